The standard InChI is InChI=1S/C16H20Cl2N4S/c1-9(2)15-22-12(8-23-15)7-20-16(19)21-10(3)13-5-4-11(17)6-14(13)18/h4-6,8-10H,7H2,1-3H3,(H3,19,20,21). The quantitative estimate of drug-likeness (QED) is 0.590. The normalized spacial score (nSPS) is 13.4. The third-order valence-corrected chi connectivity index (χ3v) is 5.02. The molecule has 3 N–H and O–H groups in total. The van der Waals surface area contributed by atoms with Gasteiger partial charge in [0.1, 0.15) is 0 Å². The zero-order valence-electron chi connectivity index (χ0n) is 13.3. The lowest BCUT2D eigenvalue weighted by molar-refractivity contribution is 0.707. The van der Waals surface area contributed by atoms with Crippen LogP contribution in [0.15, 0.2) is 28.6 Å². The maximum absolute atomic E-state index is 6.20. The molecule has 0 radical (unpaired) electrons. The van der Waals surface area contributed by atoms with Crippen LogP contribution in [0, 0.1) is 0 Å². The average molecular weight is 371 g/mol. The Kier molecular flexibility index (Phi) is 6.27. The van der Waals surface area contributed by atoms with Crippen LogP contribution in [0.25, 0.3) is 0 Å². The highest BCUT2D eigenvalue weighted by Gasteiger charge is 2.11. The van der Waals surface area contributed by atoms with Crippen LogP contribution in [0.5, 0.6) is 0 Å². The van der Waals surface area contributed by atoms with Crippen LogP contribution in [0.2, 0.25) is 10.0 Å². The van der Waals surface area contributed by atoms with E-state index < -0.39 is 0 Å². The number of benzene rings is 1. The number of aliphatic imine (C=N–C) groups is 1. The number of nitrogens with zero attached hydrogens (tertiary/aromatic N) is 2. The van der Waals surface area contributed by atoms with Gasteiger partial charge in [-0.3, -0.25) is 0 Å². The number of rotatable bonds is 5. The van der Waals surface area contributed by atoms with E-state index in [1.165, 1.54) is 0 Å². The van der Waals surface area contributed by atoms with Gasteiger partial charge in [0.2, 0.25) is 0 Å². The molecule has 2 rings (SSSR count). The molecule has 1 atom stereocenters. The van der Waals surface area contributed by atoms with Crippen molar-refractivity contribution >= 4 is 40.5 Å². The molecule has 23 heavy (non-hydrogen) atoms. The van der Waals surface area contributed by atoms with Gasteiger partial charge in [-0.15, -0.1) is 11.3 Å². The fourth-order valence-electron chi connectivity index (χ4n) is 2.02. The first kappa shape index (κ1) is 18.0. The summed E-state index contributed by atoms with van der Waals surface area (Å²) in [6.07, 6.45) is 0. The van der Waals surface area contributed by atoms with Gasteiger partial charge < -0.3 is 11.1 Å². The highest BCUT2D eigenvalue weighted by molar-refractivity contribution is 7.09. The molecule has 0 fully saturated rings. The van der Waals surface area contributed by atoms with Crippen molar-refractivity contribution < 1.29 is 0 Å². The summed E-state index contributed by atoms with van der Waals surface area (Å²) >= 11 is 13.8. The molecule has 2 aromatic rings. The predicted molar refractivity (Wildman–Crippen MR) is 99.5 cm³/mol. The molecule has 0 aliphatic heterocycles. The Morgan fingerprint density at radius 2 is 2.09 bits per heavy atom. The van der Waals surface area contributed by atoms with Crippen LogP contribution in [-0.2, 0) is 6.54 Å². The topological polar surface area (TPSA) is 63.3 Å². The zero-order chi connectivity index (χ0) is 17.0. The molecular weight excluding hydrogens is 351 g/mol. The fourth-order valence-corrected chi connectivity index (χ4v) is 3.42. The van der Waals surface area contributed by atoms with Gasteiger partial charge in [-0.25, -0.2) is 9.98 Å². The van der Waals surface area contributed by atoms with E-state index in [2.05, 4.69) is 29.1 Å². The Labute approximate surface area is 150 Å². The summed E-state index contributed by atoms with van der Waals surface area (Å²) in [7, 11) is 0. The van der Waals surface area contributed by atoms with Crippen molar-refractivity contribution in [2.24, 2.45) is 10.7 Å². The van der Waals surface area contributed by atoms with E-state index in [-0.39, 0.29) is 6.04 Å². The van der Waals surface area contributed by atoms with Crippen LogP contribution in [-0.4, -0.2) is 10.9 Å². The van der Waals surface area contributed by atoms with Gasteiger partial charge in [-0.05, 0) is 24.6 Å². The van der Waals surface area contributed by atoms with E-state index >= 15 is 0 Å². The lowest BCUT2D eigenvalue weighted by Gasteiger charge is -2.16. The van der Waals surface area contributed by atoms with E-state index in [4.69, 9.17) is 28.9 Å². The molecule has 0 saturated carbocycles. The largest absolute Gasteiger partial charge is 0.370 e. The molecule has 1 aromatic carbocycles. The summed E-state index contributed by atoms with van der Waals surface area (Å²) in [5, 5.41) is 7.48. The lowest BCUT2D eigenvalue weighted by atomic mass is 10.1. The third kappa shape index (κ3) is 5.09. The maximum Gasteiger partial charge on any atom is 0.189 e. The second-order valence-electron chi connectivity index (χ2n) is 5.57. The Bertz CT molecular complexity index is 697. The number of hydrogen-bond donors (Lipinski definition) is 2. The first-order valence-corrected chi connectivity index (χ1v) is 8.96. The van der Waals surface area contributed by atoms with Crippen molar-refractivity contribution in [2.45, 2.75) is 39.3 Å². The van der Waals surface area contributed by atoms with Gasteiger partial charge in [0.15, 0.2) is 5.96 Å². The van der Waals surface area contributed by atoms with Gasteiger partial charge in [0.05, 0.1) is 23.3 Å². The molecule has 7 heteroatoms. The van der Waals surface area contributed by atoms with Crippen molar-refractivity contribution in [3.05, 3.63) is 49.9 Å². The zero-order valence-corrected chi connectivity index (χ0v) is 15.6. The molecule has 0 aliphatic carbocycles. The third-order valence-electron chi connectivity index (χ3n) is 3.27. The SMILES string of the molecule is CC(C)c1nc(CN=C(N)NC(C)c2ccc(Cl)cc2Cl)cs1. The first-order chi connectivity index (χ1) is 10.9. The second-order valence-corrected chi connectivity index (χ2v) is 7.30. The highest BCUT2D eigenvalue weighted by atomic mass is 35.5. The van der Waals surface area contributed by atoms with E-state index in [0.717, 1.165) is 16.3 Å². The van der Waals surface area contributed by atoms with Crippen LogP contribution in [0.3, 0.4) is 0 Å². The van der Waals surface area contributed by atoms with Gasteiger partial charge in [-0.2, -0.15) is 0 Å². The van der Waals surface area contributed by atoms with Gasteiger partial charge in [0.25, 0.3) is 0 Å². The lowest BCUT2D eigenvalue weighted by Crippen LogP contribution is -2.34. The number of guanidine groups is 1. The molecule has 124 valence electrons. The summed E-state index contributed by atoms with van der Waals surface area (Å²) in [4.78, 5) is 8.87. The van der Waals surface area contributed by atoms with Gasteiger partial charge in [-0.1, -0.05) is 43.1 Å². The Balaban J connectivity index is 1.98. The molecule has 0 aliphatic rings. The second kappa shape index (κ2) is 7.99. The number of hydrogen-bond acceptors (Lipinski definition) is 3. The maximum atomic E-state index is 6.20. The Morgan fingerprint density at radius 1 is 1.35 bits per heavy atom. The van der Waals surface area contributed by atoms with Crippen molar-refractivity contribution in [2.75, 3.05) is 0 Å². The van der Waals surface area contributed by atoms with Crippen molar-refractivity contribution in [1.29, 1.82) is 0 Å². The number of aromatic nitrogens is 1. The number of halogens is 2. The van der Waals surface area contributed by atoms with E-state index in [0.29, 0.717) is 28.5 Å². The smallest absolute Gasteiger partial charge is 0.189 e. The Morgan fingerprint density at radius 3 is 2.70 bits per heavy atom. The molecule has 1 heterocycles. The van der Waals surface area contributed by atoms with Gasteiger partial charge in [0, 0.05) is 21.3 Å². The molecule has 0 bridgehead atoms. The van der Waals surface area contributed by atoms with Crippen LogP contribution < -0.4 is 11.1 Å². The van der Waals surface area contributed by atoms with Crippen molar-refractivity contribution in [3.63, 3.8) is 0 Å². The van der Waals surface area contributed by atoms with Crippen molar-refractivity contribution in [1.82, 2.24) is 10.3 Å². The molecule has 0 spiro atoms. The summed E-state index contributed by atoms with van der Waals surface area (Å²) in [6.45, 7) is 6.68. The summed E-state index contributed by atoms with van der Waals surface area (Å²) < 4.78 is 0. The van der Waals surface area contributed by atoms with E-state index in [9.17, 15) is 0 Å². The molecule has 4 nitrogen and oxygen atoms in total. The van der Waals surface area contributed by atoms with Crippen LogP contribution >= 0.6 is 34.5 Å². The molecular formula is C16H20Cl2N4S. The molecule has 1 aromatic heterocycles. The average Bonchev–Trinajstić information content (AvgIpc) is 2.94. The highest BCUT2D eigenvalue weighted by Crippen LogP contribution is 2.26. The minimum Gasteiger partial charge on any atom is -0.370 e. The minimum atomic E-state index is -0.0647. The summed E-state index contributed by atoms with van der Waals surface area (Å²) in [5.74, 6) is 0.794. The number of nitrogens with two attached hydrogens (primary N) is 1. The number of thiazole rings is 1. The fraction of sp³-hybridized carbons (Fsp3) is 0.375. The van der Waals surface area contributed by atoms with Crippen LogP contribution in [0.4, 0.5) is 0 Å². The van der Waals surface area contributed by atoms with Crippen LogP contribution in [0.1, 0.15) is 49.0 Å². The predicted octanol–water partition coefficient (Wildman–Crippen LogP) is 4.74. The van der Waals surface area contributed by atoms with E-state index in [1.54, 1.807) is 23.5 Å². The molecule has 0 amide bonds. The van der Waals surface area contributed by atoms with Gasteiger partial charge >= 0.3 is 0 Å². The minimum absolute atomic E-state index is 0.0647. The molecule has 0 saturated heterocycles. The summed E-state index contributed by atoms with van der Waals surface area (Å²) in [5.41, 5.74) is 7.80. The summed E-state index contributed by atoms with van der Waals surface area (Å²) in [6, 6.07) is 5.33. The van der Waals surface area contributed by atoms with E-state index in [1.807, 2.05) is 18.4 Å². The van der Waals surface area contributed by atoms with Crippen molar-refractivity contribution in [3.8, 4) is 0 Å². The monoisotopic (exact) mass is 370 g/mol. The Hall–Kier alpha value is -1.30. The first-order valence-electron chi connectivity index (χ1n) is 7.32. The number of nitrogens with one attached hydrogen (secondary N) is 1. The molecule has 1 unspecified atom stereocenters.